The minimum Gasteiger partial charge on any atom is -0.372 e. The maximum absolute atomic E-state index is 11.1. The van der Waals surface area contributed by atoms with Crippen LogP contribution in [-0.2, 0) is 0 Å². The third kappa shape index (κ3) is 3.01. The smallest absolute Gasteiger partial charge is 0.292 e. The number of nitro benzene ring substituents is 1. The zero-order valence-corrected chi connectivity index (χ0v) is 12.4. The Morgan fingerprint density at radius 2 is 1.90 bits per heavy atom. The van der Waals surface area contributed by atoms with Gasteiger partial charge < -0.3 is 14.7 Å². The average Bonchev–Trinajstić information content (AvgIpc) is 2.46. The van der Waals surface area contributed by atoms with E-state index in [2.05, 4.69) is 16.7 Å². The van der Waals surface area contributed by atoms with Crippen LogP contribution in [0.15, 0.2) is 18.2 Å². The minimum atomic E-state index is -0.325. The molecule has 1 aromatic rings. The molecule has 1 fully saturated rings. The van der Waals surface area contributed by atoms with E-state index in [9.17, 15) is 10.1 Å². The fraction of sp³-hybridized carbons (Fsp3) is 0.571. The molecular formula is C14H22N4O2. The van der Waals surface area contributed by atoms with Gasteiger partial charge in [0, 0.05) is 52.0 Å². The van der Waals surface area contributed by atoms with Gasteiger partial charge in [0.25, 0.3) is 5.69 Å². The molecule has 1 aliphatic heterocycles. The molecule has 0 aromatic heterocycles. The van der Waals surface area contributed by atoms with Gasteiger partial charge in [-0.2, -0.15) is 0 Å². The molecule has 0 spiro atoms. The number of nitro groups is 1. The molecule has 0 unspecified atom stereocenters. The van der Waals surface area contributed by atoms with Crippen molar-refractivity contribution in [3.05, 3.63) is 28.3 Å². The van der Waals surface area contributed by atoms with Crippen molar-refractivity contribution in [2.45, 2.75) is 6.92 Å². The van der Waals surface area contributed by atoms with Gasteiger partial charge in [0.15, 0.2) is 0 Å². The summed E-state index contributed by atoms with van der Waals surface area (Å²) in [5.41, 5.74) is 1.88. The molecule has 0 radical (unpaired) electrons. The van der Waals surface area contributed by atoms with Crippen molar-refractivity contribution in [1.29, 1.82) is 0 Å². The van der Waals surface area contributed by atoms with E-state index in [1.165, 1.54) is 0 Å². The molecule has 0 saturated carbocycles. The lowest BCUT2D eigenvalue weighted by Gasteiger charge is -2.35. The number of anilines is 2. The topological polar surface area (TPSA) is 52.9 Å². The molecule has 1 saturated heterocycles. The normalized spacial score (nSPS) is 16.2. The average molecular weight is 278 g/mol. The maximum atomic E-state index is 11.1. The third-order valence-electron chi connectivity index (χ3n) is 3.82. The first-order chi connectivity index (χ1) is 9.52. The highest BCUT2D eigenvalue weighted by Gasteiger charge is 2.20. The van der Waals surface area contributed by atoms with Gasteiger partial charge in [-0.3, -0.25) is 10.1 Å². The Labute approximate surface area is 119 Å². The van der Waals surface area contributed by atoms with E-state index in [4.69, 9.17) is 0 Å². The van der Waals surface area contributed by atoms with E-state index in [0.717, 1.165) is 38.4 Å². The van der Waals surface area contributed by atoms with Gasteiger partial charge in [-0.1, -0.05) is 6.92 Å². The number of hydrogen-bond acceptors (Lipinski definition) is 5. The maximum Gasteiger partial charge on any atom is 0.292 e. The Kier molecular flexibility index (Phi) is 4.44. The van der Waals surface area contributed by atoms with Crippen molar-refractivity contribution in [3.8, 4) is 0 Å². The number of piperazine rings is 1. The van der Waals surface area contributed by atoms with Crippen molar-refractivity contribution in [2.24, 2.45) is 0 Å². The van der Waals surface area contributed by atoms with E-state index in [0.29, 0.717) is 5.69 Å². The summed E-state index contributed by atoms with van der Waals surface area (Å²) < 4.78 is 0. The van der Waals surface area contributed by atoms with Gasteiger partial charge in [0.2, 0.25) is 0 Å². The predicted molar refractivity (Wildman–Crippen MR) is 81.8 cm³/mol. The first-order valence-corrected chi connectivity index (χ1v) is 6.96. The summed E-state index contributed by atoms with van der Waals surface area (Å²) >= 11 is 0. The van der Waals surface area contributed by atoms with Crippen molar-refractivity contribution in [3.63, 3.8) is 0 Å². The molecule has 1 heterocycles. The van der Waals surface area contributed by atoms with E-state index >= 15 is 0 Å². The molecule has 20 heavy (non-hydrogen) atoms. The standard InChI is InChI=1S/C14H22N4O2/c1-4-16-7-9-17(10-8-16)12-5-6-13(18(19)20)14(11-12)15(2)3/h5-6,11H,4,7-10H2,1-3H3. The summed E-state index contributed by atoms with van der Waals surface area (Å²) in [4.78, 5) is 17.2. The van der Waals surface area contributed by atoms with Gasteiger partial charge in [0.05, 0.1) is 4.92 Å². The quantitative estimate of drug-likeness (QED) is 0.621. The Morgan fingerprint density at radius 3 is 2.40 bits per heavy atom. The van der Waals surface area contributed by atoms with Crippen LogP contribution in [0.3, 0.4) is 0 Å². The van der Waals surface area contributed by atoms with Crippen LogP contribution in [0, 0.1) is 10.1 Å². The van der Waals surface area contributed by atoms with Crippen molar-refractivity contribution in [2.75, 3.05) is 56.6 Å². The van der Waals surface area contributed by atoms with Gasteiger partial charge in [-0.15, -0.1) is 0 Å². The van der Waals surface area contributed by atoms with Gasteiger partial charge in [-0.05, 0) is 18.7 Å². The molecule has 6 heteroatoms. The Balaban J connectivity index is 2.21. The highest BCUT2D eigenvalue weighted by atomic mass is 16.6. The summed E-state index contributed by atoms with van der Waals surface area (Å²) in [6.07, 6.45) is 0. The lowest BCUT2D eigenvalue weighted by molar-refractivity contribution is -0.384. The van der Waals surface area contributed by atoms with E-state index in [1.54, 1.807) is 11.0 Å². The van der Waals surface area contributed by atoms with Crippen LogP contribution >= 0.6 is 0 Å². The van der Waals surface area contributed by atoms with E-state index in [-0.39, 0.29) is 10.6 Å². The molecule has 2 rings (SSSR count). The summed E-state index contributed by atoms with van der Waals surface area (Å²) in [6.45, 7) is 7.29. The molecule has 0 N–H and O–H groups in total. The molecule has 1 aromatic carbocycles. The number of hydrogen-bond donors (Lipinski definition) is 0. The van der Waals surface area contributed by atoms with Crippen LogP contribution in [0.4, 0.5) is 17.1 Å². The molecule has 0 amide bonds. The van der Waals surface area contributed by atoms with Crippen LogP contribution in [0.1, 0.15) is 6.92 Å². The zero-order valence-electron chi connectivity index (χ0n) is 12.4. The predicted octanol–water partition coefficient (Wildman–Crippen LogP) is 1.80. The molecule has 6 nitrogen and oxygen atoms in total. The second-order valence-corrected chi connectivity index (χ2v) is 5.25. The lowest BCUT2D eigenvalue weighted by atomic mass is 10.2. The molecule has 0 atom stereocenters. The van der Waals surface area contributed by atoms with Gasteiger partial charge in [-0.25, -0.2) is 0 Å². The number of nitrogens with zero attached hydrogens (tertiary/aromatic N) is 4. The Hall–Kier alpha value is -1.82. The monoisotopic (exact) mass is 278 g/mol. The fourth-order valence-electron chi connectivity index (χ4n) is 2.54. The second kappa shape index (κ2) is 6.09. The first kappa shape index (κ1) is 14.6. The van der Waals surface area contributed by atoms with Crippen LogP contribution in [0.5, 0.6) is 0 Å². The van der Waals surface area contributed by atoms with E-state index in [1.807, 2.05) is 26.2 Å². The molecule has 1 aliphatic rings. The van der Waals surface area contributed by atoms with Crippen LogP contribution in [0.25, 0.3) is 0 Å². The van der Waals surface area contributed by atoms with Crippen LogP contribution < -0.4 is 9.80 Å². The van der Waals surface area contributed by atoms with Crippen molar-refractivity contribution >= 4 is 17.1 Å². The highest BCUT2D eigenvalue weighted by molar-refractivity contribution is 5.69. The van der Waals surface area contributed by atoms with Gasteiger partial charge >= 0.3 is 0 Å². The van der Waals surface area contributed by atoms with E-state index < -0.39 is 0 Å². The lowest BCUT2D eigenvalue weighted by Crippen LogP contribution is -2.46. The van der Waals surface area contributed by atoms with Crippen LogP contribution in [-0.4, -0.2) is 56.6 Å². The number of likely N-dealkylation sites (N-methyl/N-ethyl adjacent to an activating group) is 1. The molecular weight excluding hydrogens is 256 g/mol. The zero-order chi connectivity index (χ0) is 14.7. The van der Waals surface area contributed by atoms with Crippen molar-refractivity contribution < 1.29 is 4.92 Å². The number of rotatable bonds is 4. The third-order valence-corrected chi connectivity index (χ3v) is 3.82. The summed E-state index contributed by atoms with van der Waals surface area (Å²) in [7, 11) is 3.67. The summed E-state index contributed by atoms with van der Waals surface area (Å²) in [5.74, 6) is 0. The Morgan fingerprint density at radius 1 is 1.25 bits per heavy atom. The molecule has 0 bridgehead atoms. The second-order valence-electron chi connectivity index (χ2n) is 5.25. The van der Waals surface area contributed by atoms with Gasteiger partial charge in [0.1, 0.15) is 5.69 Å². The Bertz CT molecular complexity index is 482. The SMILES string of the molecule is CCN1CCN(c2ccc([N+](=O)[O-])c(N(C)C)c2)CC1. The summed E-state index contributed by atoms with van der Waals surface area (Å²) in [6, 6.07) is 5.38. The first-order valence-electron chi connectivity index (χ1n) is 6.96. The largest absolute Gasteiger partial charge is 0.372 e. The van der Waals surface area contributed by atoms with Crippen molar-refractivity contribution in [1.82, 2.24) is 4.90 Å². The minimum absolute atomic E-state index is 0.158. The van der Waals surface area contributed by atoms with Crippen LogP contribution in [0.2, 0.25) is 0 Å². The fourth-order valence-corrected chi connectivity index (χ4v) is 2.54. The number of benzene rings is 1. The highest BCUT2D eigenvalue weighted by Crippen LogP contribution is 2.31. The summed E-state index contributed by atoms with van der Waals surface area (Å²) in [5, 5.41) is 11.1. The molecule has 110 valence electrons. The molecule has 0 aliphatic carbocycles.